The first kappa shape index (κ1) is 19.2. The van der Waals surface area contributed by atoms with Crippen LogP contribution in [0.25, 0.3) is 0 Å². The van der Waals surface area contributed by atoms with Crippen molar-refractivity contribution in [3.8, 4) is 0 Å². The zero-order chi connectivity index (χ0) is 13.3. The summed E-state index contributed by atoms with van der Waals surface area (Å²) in [5, 5.41) is 20.2. The van der Waals surface area contributed by atoms with Gasteiger partial charge in [0.1, 0.15) is 0 Å². The Morgan fingerprint density at radius 3 is 1.39 bits per heavy atom. The summed E-state index contributed by atoms with van der Waals surface area (Å²) in [5.41, 5.74) is 0. The molecule has 0 spiro atoms. The molecule has 0 rings (SSSR count). The second-order valence-electron chi connectivity index (χ2n) is 2.77. The van der Waals surface area contributed by atoms with E-state index in [9.17, 15) is 19.2 Å². The maximum Gasteiger partial charge on any atom is 1.00 e. The van der Waals surface area contributed by atoms with Crippen molar-refractivity contribution in [3.63, 3.8) is 0 Å². The van der Waals surface area contributed by atoms with Gasteiger partial charge in [-0.15, -0.1) is 0 Å². The third-order valence-electron chi connectivity index (χ3n) is 1.34. The standard InChI is InChI=1S/C8H10O9.Na.H/c9-5(10)1-3-7(13)15-17-16-8(14)4-2-6(11)12;;/h1-4H2,(H,9,10)(H,11,12);;/q;+1;-1. The Balaban J connectivity index is -0.00000128. The van der Waals surface area contributed by atoms with E-state index in [1.165, 1.54) is 0 Å². The van der Waals surface area contributed by atoms with Crippen LogP contribution in [0.1, 0.15) is 27.1 Å². The molecular formula is C8H11NaO9. The van der Waals surface area contributed by atoms with Crippen LogP contribution >= 0.6 is 0 Å². The first-order valence-electron chi connectivity index (χ1n) is 4.42. The molecule has 0 aliphatic carbocycles. The Morgan fingerprint density at radius 1 is 0.778 bits per heavy atom. The van der Waals surface area contributed by atoms with Crippen LogP contribution in [0.5, 0.6) is 0 Å². The van der Waals surface area contributed by atoms with E-state index in [1.807, 2.05) is 0 Å². The van der Waals surface area contributed by atoms with Crippen LogP contribution in [0, 0.1) is 0 Å². The van der Waals surface area contributed by atoms with Gasteiger partial charge in [0, 0.05) is 5.04 Å². The first-order valence-corrected chi connectivity index (χ1v) is 4.42. The van der Waals surface area contributed by atoms with E-state index in [0.717, 1.165) is 0 Å². The Hall–Kier alpha value is -1.16. The third-order valence-corrected chi connectivity index (χ3v) is 1.34. The van der Waals surface area contributed by atoms with Crippen LogP contribution in [0.4, 0.5) is 0 Å². The largest absolute Gasteiger partial charge is 1.00 e. The van der Waals surface area contributed by atoms with Gasteiger partial charge < -0.3 is 11.6 Å². The Bertz CT molecular complexity index is 289. The Morgan fingerprint density at radius 2 is 1.11 bits per heavy atom. The number of rotatable bonds is 8. The smallest absolute Gasteiger partial charge is 1.00 e. The molecule has 2 N–H and O–H groups in total. The molecule has 0 aromatic heterocycles. The summed E-state index contributed by atoms with van der Waals surface area (Å²) in [4.78, 5) is 49.2. The molecule has 0 unspecified atom stereocenters. The van der Waals surface area contributed by atoms with Crippen molar-refractivity contribution in [1.29, 1.82) is 0 Å². The van der Waals surface area contributed by atoms with Crippen molar-refractivity contribution >= 4 is 23.9 Å². The van der Waals surface area contributed by atoms with Gasteiger partial charge in [-0.1, -0.05) is 0 Å². The molecular weight excluding hydrogens is 263 g/mol. The van der Waals surface area contributed by atoms with Crippen molar-refractivity contribution in [2.75, 3.05) is 0 Å². The molecule has 0 radical (unpaired) electrons. The second-order valence-corrected chi connectivity index (χ2v) is 2.77. The minimum atomic E-state index is -1.19. The van der Waals surface area contributed by atoms with Crippen LogP contribution in [-0.4, -0.2) is 34.1 Å². The molecule has 0 aliphatic heterocycles. The molecule has 0 heterocycles. The summed E-state index contributed by atoms with van der Waals surface area (Å²) in [6, 6.07) is 0. The van der Waals surface area contributed by atoms with E-state index in [-0.39, 0.29) is 31.0 Å². The third kappa shape index (κ3) is 12.9. The fraction of sp³-hybridized carbons (Fsp3) is 0.500. The number of carbonyl (C=O) groups excluding carboxylic acids is 2. The number of carboxylic acids is 2. The van der Waals surface area contributed by atoms with Gasteiger partial charge in [-0.25, -0.2) is 9.59 Å². The summed E-state index contributed by atoms with van der Waals surface area (Å²) in [5.74, 6) is -4.45. The summed E-state index contributed by atoms with van der Waals surface area (Å²) < 4.78 is 0. The predicted molar refractivity (Wildman–Crippen MR) is 48.1 cm³/mol. The van der Waals surface area contributed by atoms with Gasteiger partial charge in [-0.3, -0.25) is 19.4 Å². The summed E-state index contributed by atoms with van der Waals surface area (Å²) in [6.45, 7) is 0. The van der Waals surface area contributed by atoms with Crippen molar-refractivity contribution < 1.29 is 75.2 Å². The van der Waals surface area contributed by atoms with Crippen molar-refractivity contribution in [1.82, 2.24) is 0 Å². The fourth-order valence-electron chi connectivity index (χ4n) is 0.594. The molecule has 9 nitrogen and oxygen atoms in total. The molecule has 0 saturated heterocycles. The molecule has 0 aromatic rings. The van der Waals surface area contributed by atoms with Gasteiger partial charge in [0.15, 0.2) is 0 Å². The molecule has 0 atom stereocenters. The average molecular weight is 274 g/mol. The molecule has 0 saturated carbocycles. The van der Waals surface area contributed by atoms with Gasteiger partial charge in [0.05, 0.1) is 25.7 Å². The van der Waals surface area contributed by atoms with Crippen LogP contribution < -0.4 is 29.6 Å². The van der Waals surface area contributed by atoms with E-state index in [4.69, 9.17) is 10.2 Å². The zero-order valence-corrected chi connectivity index (χ0v) is 11.6. The van der Waals surface area contributed by atoms with E-state index in [1.54, 1.807) is 0 Å². The van der Waals surface area contributed by atoms with Crippen LogP contribution in [0.3, 0.4) is 0 Å². The molecule has 98 valence electrons. The summed E-state index contributed by atoms with van der Waals surface area (Å²) >= 11 is 0. The SMILES string of the molecule is O=C(O)CCC(=O)OOOC(=O)CCC(=O)O.[H-].[Na+]. The maximum absolute atomic E-state index is 10.7. The molecule has 0 amide bonds. The molecule has 0 bridgehead atoms. The van der Waals surface area contributed by atoms with Gasteiger partial charge in [0.25, 0.3) is 0 Å². The Labute approximate surface area is 125 Å². The molecule has 0 aromatic carbocycles. The second kappa shape index (κ2) is 11.0. The van der Waals surface area contributed by atoms with E-state index in [0.29, 0.717) is 0 Å². The van der Waals surface area contributed by atoms with E-state index in [2.05, 4.69) is 14.8 Å². The average Bonchev–Trinajstić information content (AvgIpc) is 2.23. The predicted octanol–water partition coefficient (Wildman–Crippen LogP) is -3.23. The van der Waals surface area contributed by atoms with Crippen molar-refractivity contribution in [2.24, 2.45) is 0 Å². The Kier molecular flexibility index (Phi) is 11.7. The molecule has 0 fully saturated rings. The minimum Gasteiger partial charge on any atom is -1.00 e. The maximum atomic E-state index is 10.7. The van der Waals surface area contributed by atoms with Gasteiger partial charge in [-0.2, -0.15) is 0 Å². The van der Waals surface area contributed by atoms with Crippen molar-refractivity contribution in [2.45, 2.75) is 25.7 Å². The summed E-state index contributed by atoms with van der Waals surface area (Å²) in [7, 11) is 0. The monoisotopic (exact) mass is 274 g/mol. The first-order chi connectivity index (χ1) is 7.91. The number of carboxylic acid groups (broad SMARTS) is 2. The zero-order valence-electron chi connectivity index (χ0n) is 10.6. The van der Waals surface area contributed by atoms with Gasteiger partial charge in [0.2, 0.25) is 0 Å². The van der Waals surface area contributed by atoms with Gasteiger partial charge in [-0.05, 0) is 0 Å². The van der Waals surface area contributed by atoms with Crippen molar-refractivity contribution in [3.05, 3.63) is 0 Å². The van der Waals surface area contributed by atoms with E-state index >= 15 is 0 Å². The number of hydrogen-bond donors (Lipinski definition) is 2. The van der Waals surface area contributed by atoms with Crippen LogP contribution in [-0.2, 0) is 34.0 Å². The molecule has 0 aliphatic rings. The van der Waals surface area contributed by atoms with Crippen LogP contribution in [0.15, 0.2) is 0 Å². The fourth-order valence-corrected chi connectivity index (χ4v) is 0.594. The van der Waals surface area contributed by atoms with E-state index < -0.39 is 49.6 Å². The molecule has 18 heavy (non-hydrogen) atoms. The normalized spacial score (nSPS) is 8.89. The topological polar surface area (TPSA) is 136 Å². The summed E-state index contributed by atoms with van der Waals surface area (Å²) in [6.07, 6.45) is -1.78. The molecule has 10 heteroatoms. The minimum absolute atomic E-state index is 0. The van der Waals surface area contributed by atoms with Crippen LogP contribution in [0.2, 0.25) is 0 Å². The number of aliphatic carboxylic acids is 2. The van der Waals surface area contributed by atoms with Gasteiger partial charge >= 0.3 is 53.4 Å². The number of carbonyl (C=O) groups is 4. The quantitative estimate of drug-likeness (QED) is 0.266. The number of hydrogen-bond acceptors (Lipinski definition) is 7.